The second kappa shape index (κ2) is 6.53. The molecular weight excluding hydrogens is 270 g/mol. The first kappa shape index (κ1) is 15.1. The van der Waals surface area contributed by atoms with E-state index in [0.717, 1.165) is 12.3 Å². The number of benzene rings is 2. The molecule has 0 heterocycles. The predicted octanol–water partition coefficient (Wildman–Crippen LogP) is 4.34. The van der Waals surface area contributed by atoms with Crippen LogP contribution in [0.1, 0.15) is 42.4 Å². The van der Waals surface area contributed by atoms with Crippen LogP contribution in [0.4, 0.5) is 0 Å². The second-order valence-corrected chi connectivity index (χ2v) is 6.45. The minimum absolute atomic E-state index is 0.165. The molecule has 2 heteroatoms. The van der Waals surface area contributed by atoms with Gasteiger partial charge in [0.05, 0.1) is 0 Å². The van der Waals surface area contributed by atoms with Gasteiger partial charge in [0.1, 0.15) is 12.4 Å². The number of ether oxygens (including phenoxy) is 1. The summed E-state index contributed by atoms with van der Waals surface area (Å²) < 4.78 is 6.07. The minimum Gasteiger partial charge on any atom is -0.489 e. The summed E-state index contributed by atoms with van der Waals surface area (Å²) in [4.78, 5) is 0. The fourth-order valence-corrected chi connectivity index (χ4v) is 3.48. The van der Waals surface area contributed by atoms with Gasteiger partial charge in [-0.25, -0.2) is 0 Å². The van der Waals surface area contributed by atoms with Gasteiger partial charge in [-0.1, -0.05) is 55.3 Å². The monoisotopic (exact) mass is 295 g/mol. The van der Waals surface area contributed by atoms with Crippen LogP contribution in [0.15, 0.2) is 48.5 Å². The molecule has 116 valence electrons. The fourth-order valence-electron chi connectivity index (χ4n) is 3.48. The first-order valence-electron chi connectivity index (χ1n) is 8.21. The zero-order valence-corrected chi connectivity index (χ0v) is 13.3. The van der Waals surface area contributed by atoms with Crippen molar-refractivity contribution in [1.82, 2.24) is 0 Å². The molecule has 0 aliphatic heterocycles. The second-order valence-electron chi connectivity index (χ2n) is 6.45. The van der Waals surface area contributed by atoms with Crippen LogP contribution in [0.25, 0.3) is 0 Å². The third-order valence-corrected chi connectivity index (χ3v) is 4.99. The summed E-state index contributed by atoms with van der Waals surface area (Å²) in [6, 6.07) is 16.9. The van der Waals surface area contributed by atoms with Gasteiger partial charge in [0, 0.05) is 12.0 Å². The highest BCUT2D eigenvalue weighted by atomic mass is 16.5. The smallest absolute Gasteiger partial charge is 0.123 e. The molecular formula is C20H25NO. The fraction of sp³-hybridized carbons (Fsp3) is 0.400. The lowest BCUT2D eigenvalue weighted by atomic mass is 9.78. The lowest BCUT2D eigenvalue weighted by Gasteiger charge is -2.28. The molecule has 22 heavy (non-hydrogen) atoms. The molecule has 2 nitrogen and oxygen atoms in total. The lowest BCUT2D eigenvalue weighted by Crippen LogP contribution is -2.32. The zero-order chi connectivity index (χ0) is 15.4. The maximum Gasteiger partial charge on any atom is 0.123 e. The van der Waals surface area contributed by atoms with Crippen LogP contribution in [0.3, 0.4) is 0 Å². The zero-order valence-electron chi connectivity index (χ0n) is 13.3. The number of nitrogens with two attached hydrogens (primary N) is 1. The molecule has 1 aliphatic rings. The number of hydrogen-bond acceptors (Lipinski definition) is 2. The number of aryl methyl sites for hydroxylation is 1. The summed E-state index contributed by atoms with van der Waals surface area (Å²) in [5.41, 5.74) is 10.0. The Bertz CT molecular complexity index is 615. The van der Waals surface area contributed by atoms with Crippen LogP contribution in [0, 0.1) is 6.92 Å². The van der Waals surface area contributed by atoms with Gasteiger partial charge in [0.25, 0.3) is 0 Å². The average Bonchev–Trinajstić information content (AvgIpc) is 3.05. The Morgan fingerprint density at radius 3 is 2.45 bits per heavy atom. The molecule has 1 aliphatic carbocycles. The standard InChI is InChI=1S/C20H25NO/c1-16-9-10-18(20(15-21)11-5-6-12-20)13-19(16)22-14-17-7-3-2-4-8-17/h2-4,7-10,13H,5-6,11-12,14-15,21H2,1H3. The highest BCUT2D eigenvalue weighted by Gasteiger charge is 2.34. The van der Waals surface area contributed by atoms with E-state index in [2.05, 4.69) is 37.3 Å². The van der Waals surface area contributed by atoms with E-state index in [1.54, 1.807) is 0 Å². The quantitative estimate of drug-likeness (QED) is 0.890. The average molecular weight is 295 g/mol. The van der Waals surface area contributed by atoms with E-state index in [4.69, 9.17) is 10.5 Å². The molecule has 0 amide bonds. The topological polar surface area (TPSA) is 35.2 Å². The van der Waals surface area contributed by atoms with Crippen molar-refractivity contribution in [1.29, 1.82) is 0 Å². The molecule has 0 bridgehead atoms. The highest BCUT2D eigenvalue weighted by Crippen LogP contribution is 2.41. The van der Waals surface area contributed by atoms with Gasteiger partial charge < -0.3 is 10.5 Å². The van der Waals surface area contributed by atoms with Gasteiger partial charge in [-0.15, -0.1) is 0 Å². The van der Waals surface area contributed by atoms with Crippen molar-refractivity contribution in [2.45, 2.75) is 44.6 Å². The minimum atomic E-state index is 0.165. The number of rotatable bonds is 5. The molecule has 0 saturated heterocycles. The Morgan fingerprint density at radius 1 is 1.05 bits per heavy atom. The van der Waals surface area contributed by atoms with Crippen molar-refractivity contribution in [3.8, 4) is 5.75 Å². The van der Waals surface area contributed by atoms with Crippen molar-refractivity contribution in [2.75, 3.05) is 6.54 Å². The van der Waals surface area contributed by atoms with Crippen LogP contribution in [0.5, 0.6) is 5.75 Å². The maximum atomic E-state index is 6.11. The Balaban J connectivity index is 1.81. The Kier molecular flexibility index (Phi) is 4.49. The largest absolute Gasteiger partial charge is 0.489 e. The molecule has 0 unspecified atom stereocenters. The Hall–Kier alpha value is -1.80. The summed E-state index contributed by atoms with van der Waals surface area (Å²) in [5.74, 6) is 0.987. The van der Waals surface area contributed by atoms with Crippen LogP contribution < -0.4 is 10.5 Å². The summed E-state index contributed by atoms with van der Waals surface area (Å²) in [6.45, 7) is 3.45. The van der Waals surface area contributed by atoms with Crippen LogP contribution in [-0.4, -0.2) is 6.54 Å². The highest BCUT2D eigenvalue weighted by molar-refractivity contribution is 5.41. The van der Waals surface area contributed by atoms with Gasteiger partial charge in [0.15, 0.2) is 0 Å². The van der Waals surface area contributed by atoms with Crippen molar-refractivity contribution in [3.05, 3.63) is 65.2 Å². The number of hydrogen-bond donors (Lipinski definition) is 1. The first-order chi connectivity index (χ1) is 10.7. The van der Waals surface area contributed by atoms with Crippen LogP contribution in [-0.2, 0) is 12.0 Å². The van der Waals surface area contributed by atoms with Gasteiger partial charge in [-0.05, 0) is 42.5 Å². The van der Waals surface area contributed by atoms with Crippen LogP contribution >= 0.6 is 0 Å². The van der Waals surface area contributed by atoms with Crippen molar-refractivity contribution >= 4 is 0 Å². The van der Waals surface area contributed by atoms with E-state index < -0.39 is 0 Å². The predicted molar refractivity (Wildman–Crippen MR) is 91.2 cm³/mol. The van der Waals surface area contributed by atoms with Crippen molar-refractivity contribution in [2.24, 2.45) is 5.73 Å². The van der Waals surface area contributed by atoms with Gasteiger partial charge >= 0.3 is 0 Å². The van der Waals surface area contributed by atoms with Crippen molar-refractivity contribution < 1.29 is 4.74 Å². The molecule has 0 aromatic heterocycles. The first-order valence-corrected chi connectivity index (χ1v) is 8.21. The Labute approximate surface area is 133 Å². The summed E-state index contributed by atoms with van der Waals surface area (Å²) in [5, 5.41) is 0. The van der Waals surface area contributed by atoms with E-state index >= 15 is 0 Å². The van der Waals surface area contributed by atoms with Crippen molar-refractivity contribution in [3.63, 3.8) is 0 Å². The third kappa shape index (κ3) is 3.02. The molecule has 0 atom stereocenters. The van der Waals surface area contributed by atoms with E-state index in [9.17, 15) is 0 Å². The molecule has 2 aromatic carbocycles. The van der Waals surface area contributed by atoms with Gasteiger partial charge in [-0.3, -0.25) is 0 Å². The van der Waals surface area contributed by atoms with E-state index in [-0.39, 0.29) is 5.41 Å². The van der Waals surface area contributed by atoms with Crippen LogP contribution in [0.2, 0.25) is 0 Å². The van der Waals surface area contributed by atoms with E-state index in [0.29, 0.717) is 6.61 Å². The van der Waals surface area contributed by atoms with E-state index in [1.807, 2.05) is 18.2 Å². The normalized spacial score (nSPS) is 16.6. The van der Waals surface area contributed by atoms with E-state index in [1.165, 1.54) is 42.4 Å². The molecule has 0 spiro atoms. The molecule has 1 fully saturated rings. The maximum absolute atomic E-state index is 6.11. The lowest BCUT2D eigenvalue weighted by molar-refractivity contribution is 0.302. The molecule has 2 aromatic rings. The third-order valence-electron chi connectivity index (χ3n) is 4.99. The summed E-state index contributed by atoms with van der Waals surface area (Å²) in [6.07, 6.45) is 4.96. The molecule has 2 N–H and O–H groups in total. The van der Waals surface area contributed by atoms with Gasteiger partial charge in [-0.2, -0.15) is 0 Å². The SMILES string of the molecule is Cc1ccc(C2(CN)CCCC2)cc1OCc1ccccc1. The summed E-state index contributed by atoms with van der Waals surface area (Å²) >= 11 is 0. The Morgan fingerprint density at radius 2 is 1.77 bits per heavy atom. The molecule has 3 rings (SSSR count). The molecule has 1 saturated carbocycles. The van der Waals surface area contributed by atoms with Gasteiger partial charge in [0.2, 0.25) is 0 Å². The molecule has 0 radical (unpaired) electrons. The summed E-state index contributed by atoms with van der Waals surface area (Å²) in [7, 11) is 0.